The van der Waals surface area contributed by atoms with Gasteiger partial charge in [-0.05, 0) is 31.4 Å². The van der Waals surface area contributed by atoms with Gasteiger partial charge < -0.3 is 10.1 Å². The Bertz CT molecular complexity index is 548. The summed E-state index contributed by atoms with van der Waals surface area (Å²) in [5.74, 6) is -0.580. The van der Waals surface area contributed by atoms with Crippen molar-refractivity contribution in [3.8, 4) is 0 Å². The molecule has 1 N–H and O–H groups in total. The van der Waals surface area contributed by atoms with Crippen molar-refractivity contribution in [3.63, 3.8) is 0 Å². The van der Waals surface area contributed by atoms with Gasteiger partial charge in [0.15, 0.2) is 5.60 Å². The Morgan fingerprint density at radius 3 is 2.75 bits per heavy atom. The standard InChI is InChI=1S/C16H19NO3/c1-16(15(19)17-12-7-3-4-8-12)10-11-6-2-5-9-13(11)14(18)20-16/h2,5-6,9,12H,3-4,7-8,10H2,1H3,(H,17,19). The molecule has 2 aliphatic rings. The first-order chi connectivity index (χ1) is 9.58. The Morgan fingerprint density at radius 1 is 1.30 bits per heavy atom. The highest BCUT2D eigenvalue weighted by atomic mass is 16.6. The van der Waals surface area contributed by atoms with Gasteiger partial charge in [-0.3, -0.25) is 4.79 Å². The van der Waals surface area contributed by atoms with E-state index in [1.54, 1.807) is 19.1 Å². The van der Waals surface area contributed by atoms with Gasteiger partial charge in [-0.15, -0.1) is 0 Å². The Kier molecular flexibility index (Phi) is 3.24. The van der Waals surface area contributed by atoms with Crippen LogP contribution in [0.1, 0.15) is 48.5 Å². The molecule has 0 spiro atoms. The Labute approximate surface area is 118 Å². The van der Waals surface area contributed by atoms with Gasteiger partial charge in [0, 0.05) is 12.5 Å². The fourth-order valence-corrected chi connectivity index (χ4v) is 3.07. The van der Waals surface area contributed by atoms with E-state index in [9.17, 15) is 9.59 Å². The molecular formula is C16H19NO3. The molecule has 106 valence electrons. The van der Waals surface area contributed by atoms with Gasteiger partial charge in [0.25, 0.3) is 5.91 Å². The van der Waals surface area contributed by atoms with Gasteiger partial charge >= 0.3 is 5.97 Å². The summed E-state index contributed by atoms with van der Waals surface area (Å²) >= 11 is 0. The van der Waals surface area contributed by atoms with Gasteiger partial charge in [0.05, 0.1) is 5.56 Å². The number of fused-ring (bicyclic) bond motifs is 1. The maximum Gasteiger partial charge on any atom is 0.339 e. The summed E-state index contributed by atoms with van der Waals surface area (Å²) in [7, 11) is 0. The number of nitrogens with one attached hydrogen (secondary N) is 1. The van der Waals surface area contributed by atoms with Crippen molar-refractivity contribution in [1.82, 2.24) is 5.32 Å². The number of esters is 1. The third-order valence-electron chi connectivity index (χ3n) is 4.25. The number of amides is 1. The number of carbonyl (C=O) groups excluding carboxylic acids is 2. The zero-order valence-electron chi connectivity index (χ0n) is 11.6. The highest BCUT2D eigenvalue weighted by molar-refractivity contribution is 5.97. The van der Waals surface area contributed by atoms with Crippen molar-refractivity contribution in [2.24, 2.45) is 0 Å². The summed E-state index contributed by atoms with van der Waals surface area (Å²) in [4.78, 5) is 24.5. The molecule has 1 aliphatic carbocycles. The van der Waals surface area contributed by atoms with Crippen LogP contribution in [0.5, 0.6) is 0 Å². The van der Waals surface area contributed by atoms with E-state index in [-0.39, 0.29) is 11.9 Å². The zero-order valence-corrected chi connectivity index (χ0v) is 11.6. The summed E-state index contributed by atoms with van der Waals surface area (Å²) in [5, 5.41) is 3.02. The number of ether oxygens (including phenoxy) is 1. The normalized spacial score (nSPS) is 25.9. The van der Waals surface area contributed by atoms with Crippen molar-refractivity contribution in [1.29, 1.82) is 0 Å². The maximum absolute atomic E-state index is 12.4. The lowest BCUT2D eigenvalue weighted by Gasteiger charge is -2.33. The van der Waals surface area contributed by atoms with Gasteiger partial charge in [-0.25, -0.2) is 4.79 Å². The average Bonchev–Trinajstić information content (AvgIpc) is 2.91. The van der Waals surface area contributed by atoms with E-state index in [4.69, 9.17) is 4.74 Å². The quantitative estimate of drug-likeness (QED) is 0.841. The highest BCUT2D eigenvalue weighted by Gasteiger charge is 2.43. The molecule has 20 heavy (non-hydrogen) atoms. The van der Waals surface area contributed by atoms with Crippen LogP contribution in [0.25, 0.3) is 0 Å². The van der Waals surface area contributed by atoms with E-state index >= 15 is 0 Å². The first-order valence-electron chi connectivity index (χ1n) is 7.21. The predicted octanol–water partition coefficient (Wildman–Crippen LogP) is 2.22. The van der Waals surface area contributed by atoms with Crippen LogP contribution < -0.4 is 5.32 Å². The Morgan fingerprint density at radius 2 is 2.00 bits per heavy atom. The lowest BCUT2D eigenvalue weighted by atomic mass is 9.89. The van der Waals surface area contributed by atoms with E-state index in [1.165, 1.54) is 0 Å². The second kappa shape index (κ2) is 4.93. The summed E-state index contributed by atoms with van der Waals surface area (Å²) in [6.07, 6.45) is 4.79. The summed E-state index contributed by atoms with van der Waals surface area (Å²) < 4.78 is 5.42. The van der Waals surface area contributed by atoms with E-state index in [0.717, 1.165) is 31.2 Å². The van der Waals surface area contributed by atoms with Gasteiger partial charge in [-0.1, -0.05) is 31.0 Å². The average molecular weight is 273 g/mol. The van der Waals surface area contributed by atoms with Crippen LogP contribution >= 0.6 is 0 Å². The van der Waals surface area contributed by atoms with Gasteiger partial charge in [-0.2, -0.15) is 0 Å². The smallest absolute Gasteiger partial charge is 0.339 e. The van der Waals surface area contributed by atoms with E-state index in [1.807, 2.05) is 12.1 Å². The minimum absolute atomic E-state index is 0.174. The minimum Gasteiger partial charge on any atom is -0.445 e. The second-order valence-corrected chi connectivity index (χ2v) is 5.91. The molecule has 4 heteroatoms. The lowest BCUT2D eigenvalue weighted by Crippen LogP contribution is -2.53. The third kappa shape index (κ3) is 2.30. The molecule has 1 fully saturated rings. The first kappa shape index (κ1) is 13.2. The van der Waals surface area contributed by atoms with Crippen molar-refractivity contribution < 1.29 is 14.3 Å². The van der Waals surface area contributed by atoms with E-state index in [0.29, 0.717) is 12.0 Å². The molecule has 3 rings (SSSR count). The van der Waals surface area contributed by atoms with E-state index < -0.39 is 11.6 Å². The Balaban J connectivity index is 1.79. The molecular weight excluding hydrogens is 254 g/mol. The predicted molar refractivity (Wildman–Crippen MR) is 74.4 cm³/mol. The second-order valence-electron chi connectivity index (χ2n) is 5.91. The van der Waals surface area contributed by atoms with Gasteiger partial charge in [0.2, 0.25) is 0 Å². The number of rotatable bonds is 2. The lowest BCUT2D eigenvalue weighted by molar-refractivity contribution is -0.140. The first-order valence-corrected chi connectivity index (χ1v) is 7.21. The third-order valence-corrected chi connectivity index (χ3v) is 4.25. The molecule has 1 unspecified atom stereocenters. The summed E-state index contributed by atoms with van der Waals surface area (Å²) in [6.45, 7) is 1.70. The van der Waals surface area contributed by atoms with E-state index in [2.05, 4.69) is 5.32 Å². The monoisotopic (exact) mass is 273 g/mol. The van der Waals surface area contributed by atoms with Crippen LogP contribution in [-0.2, 0) is 16.0 Å². The highest BCUT2D eigenvalue weighted by Crippen LogP contribution is 2.29. The molecule has 0 bridgehead atoms. The van der Waals surface area contributed by atoms with Crippen molar-refractivity contribution in [3.05, 3.63) is 35.4 Å². The number of hydrogen-bond acceptors (Lipinski definition) is 3. The molecule has 0 aromatic heterocycles. The maximum atomic E-state index is 12.4. The molecule has 1 saturated carbocycles. The van der Waals surface area contributed by atoms with Crippen molar-refractivity contribution in [2.45, 2.75) is 50.7 Å². The Hall–Kier alpha value is -1.84. The molecule has 1 atom stereocenters. The SMILES string of the molecule is CC1(C(=O)NC2CCCC2)Cc2ccccc2C(=O)O1. The molecule has 1 aromatic rings. The number of cyclic esters (lactones) is 1. The topological polar surface area (TPSA) is 55.4 Å². The molecule has 1 heterocycles. The van der Waals surface area contributed by atoms with Crippen LogP contribution in [-0.4, -0.2) is 23.5 Å². The number of carbonyl (C=O) groups is 2. The largest absolute Gasteiger partial charge is 0.445 e. The fraction of sp³-hybridized carbons (Fsp3) is 0.500. The molecule has 4 nitrogen and oxygen atoms in total. The van der Waals surface area contributed by atoms with Crippen LogP contribution in [0, 0.1) is 0 Å². The fourth-order valence-electron chi connectivity index (χ4n) is 3.07. The molecule has 0 saturated heterocycles. The van der Waals surface area contributed by atoms with Crippen LogP contribution in [0.4, 0.5) is 0 Å². The van der Waals surface area contributed by atoms with Crippen LogP contribution in [0.2, 0.25) is 0 Å². The zero-order chi connectivity index (χ0) is 14.2. The molecule has 1 aromatic carbocycles. The van der Waals surface area contributed by atoms with Crippen LogP contribution in [0.15, 0.2) is 24.3 Å². The minimum atomic E-state index is -1.09. The molecule has 1 amide bonds. The summed E-state index contributed by atoms with van der Waals surface area (Å²) in [6, 6.07) is 7.55. The number of benzene rings is 1. The van der Waals surface area contributed by atoms with Gasteiger partial charge in [0.1, 0.15) is 0 Å². The van der Waals surface area contributed by atoms with Crippen molar-refractivity contribution in [2.75, 3.05) is 0 Å². The molecule has 0 radical (unpaired) electrons. The van der Waals surface area contributed by atoms with Crippen molar-refractivity contribution >= 4 is 11.9 Å². The summed E-state index contributed by atoms with van der Waals surface area (Å²) in [5.41, 5.74) is 0.361. The van der Waals surface area contributed by atoms with Crippen LogP contribution in [0.3, 0.4) is 0 Å². The molecule has 1 aliphatic heterocycles. The number of hydrogen-bond donors (Lipinski definition) is 1.